The Hall–Kier alpha value is -6.38. The van der Waals surface area contributed by atoms with E-state index in [9.17, 15) is 0 Å². The van der Waals surface area contributed by atoms with Crippen LogP contribution in [0, 0.1) is 0 Å². The lowest BCUT2D eigenvalue weighted by molar-refractivity contribution is 0.660. The van der Waals surface area contributed by atoms with E-state index in [1.165, 1.54) is 49.7 Å². The summed E-state index contributed by atoms with van der Waals surface area (Å²) in [6.45, 7) is 4.71. The van der Waals surface area contributed by atoms with E-state index in [1.54, 1.807) is 0 Å². The second-order valence-electron chi connectivity index (χ2n) is 14.1. The van der Waals surface area contributed by atoms with Crippen LogP contribution >= 0.6 is 0 Å². The molecule has 0 radical (unpaired) electrons. The molecule has 0 bridgehead atoms. The molecule has 0 amide bonds. The summed E-state index contributed by atoms with van der Waals surface area (Å²) in [5.41, 5.74) is 15.0. The highest BCUT2D eigenvalue weighted by atomic mass is 16.3. The van der Waals surface area contributed by atoms with Crippen LogP contribution in [0.2, 0.25) is 0 Å². The van der Waals surface area contributed by atoms with E-state index in [0.717, 1.165) is 44.6 Å². The fourth-order valence-electron chi connectivity index (χ4n) is 8.40. The molecular weight excluding hydrogens is 619 g/mol. The van der Waals surface area contributed by atoms with Gasteiger partial charge in [0.2, 0.25) is 0 Å². The first-order chi connectivity index (χ1) is 25.1. The summed E-state index contributed by atoms with van der Waals surface area (Å²) in [4.78, 5) is 2.45. The Morgan fingerprint density at radius 2 is 1.10 bits per heavy atom. The smallest absolute Gasteiger partial charge is 0.136 e. The number of hydrogen-bond acceptors (Lipinski definition) is 2. The largest absolute Gasteiger partial charge is 0.456 e. The minimum atomic E-state index is -0.131. The van der Waals surface area contributed by atoms with E-state index in [1.807, 2.05) is 6.07 Å². The van der Waals surface area contributed by atoms with Crippen LogP contribution in [0.1, 0.15) is 25.0 Å². The van der Waals surface area contributed by atoms with Gasteiger partial charge in [0.15, 0.2) is 0 Å². The number of benzene rings is 8. The lowest BCUT2D eigenvalue weighted by atomic mass is 9.82. The van der Waals surface area contributed by atoms with Crippen molar-refractivity contribution in [1.29, 1.82) is 0 Å². The van der Waals surface area contributed by atoms with Crippen molar-refractivity contribution in [2.75, 3.05) is 4.90 Å². The summed E-state index contributed by atoms with van der Waals surface area (Å²) in [6, 6.07) is 63.7. The second-order valence-corrected chi connectivity index (χ2v) is 14.1. The first-order valence-electron chi connectivity index (χ1n) is 17.7. The molecule has 1 heterocycles. The molecule has 0 aliphatic heterocycles. The third kappa shape index (κ3) is 4.57. The van der Waals surface area contributed by atoms with E-state index in [2.05, 4.69) is 189 Å². The normalized spacial score (nSPS) is 13.1. The van der Waals surface area contributed by atoms with E-state index in [0.29, 0.717) is 0 Å². The maximum atomic E-state index is 6.54. The quantitative estimate of drug-likeness (QED) is 0.184. The molecule has 0 saturated carbocycles. The molecule has 242 valence electrons. The van der Waals surface area contributed by atoms with Gasteiger partial charge in [-0.15, -0.1) is 0 Å². The Kier molecular flexibility index (Phi) is 6.56. The summed E-state index contributed by atoms with van der Waals surface area (Å²) in [5, 5.41) is 4.66. The minimum Gasteiger partial charge on any atom is -0.456 e. The van der Waals surface area contributed by atoms with Crippen molar-refractivity contribution in [3.8, 4) is 33.4 Å². The lowest BCUT2D eigenvalue weighted by Crippen LogP contribution is -2.17. The number of hydrogen-bond donors (Lipinski definition) is 0. The van der Waals surface area contributed by atoms with Gasteiger partial charge < -0.3 is 9.32 Å². The van der Waals surface area contributed by atoms with Crippen LogP contribution < -0.4 is 4.90 Å². The third-order valence-corrected chi connectivity index (χ3v) is 10.9. The standard InChI is InChI=1S/C49H35NO/c1-49(2)42-21-10-8-18-38(42)39-28-27-36(31-43(39)49)50(35-25-23-33(24-26-35)32-13-4-3-5-14-32)44-29-30-46-48(41-19-9-11-22-45(41)51-46)47(44)40-20-12-16-34-15-6-7-17-37(34)40/h3-31H,1-2H3. The number of furan rings is 1. The van der Waals surface area contributed by atoms with Crippen molar-refractivity contribution in [2.24, 2.45) is 0 Å². The highest BCUT2D eigenvalue weighted by Crippen LogP contribution is 2.53. The Bertz CT molecular complexity index is 2770. The van der Waals surface area contributed by atoms with Crippen molar-refractivity contribution >= 4 is 49.8 Å². The SMILES string of the molecule is CC1(C)c2ccccc2-c2ccc(N(c3ccc(-c4ccccc4)cc3)c3ccc4oc5ccccc5c4c3-c3cccc4ccccc34)cc21. The fourth-order valence-corrected chi connectivity index (χ4v) is 8.40. The van der Waals surface area contributed by atoms with Crippen LogP contribution in [0.5, 0.6) is 0 Å². The van der Waals surface area contributed by atoms with E-state index in [-0.39, 0.29) is 5.41 Å². The Labute approximate surface area is 297 Å². The molecular formula is C49H35NO. The molecule has 0 fully saturated rings. The van der Waals surface area contributed by atoms with Gasteiger partial charge in [0, 0.05) is 33.1 Å². The maximum absolute atomic E-state index is 6.54. The number of fused-ring (bicyclic) bond motifs is 7. The van der Waals surface area contributed by atoms with Crippen molar-refractivity contribution in [2.45, 2.75) is 19.3 Å². The highest BCUT2D eigenvalue weighted by molar-refractivity contribution is 6.19. The van der Waals surface area contributed by atoms with E-state index in [4.69, 9.17) is 4.42 Å². The molecule has 51 heavy (non-hydrogen) atoms. The monoisotopic (exact) mass is 653 g/mol. The third-order valence-electron chi connectivity index (χ3n) is 10.9. The van der Waals surface area contributed by atoms with Crippen LogP contribution in [0.15, 0.2) is 180 Å². The van der Waals surface area contributed by atoms with Gasteiger partial charge in [0.1, 0.15) is 11.2 Å². The minimum absolute atomic E-state index is 0.131. The average Bonchev–Trinajstić information content (AvgIpc) is 3.67. The van der Waals surface area contributed by atoms with Crippen LogP contribution in [-0.2, 0) is 5.41 Å². The molecule has 1 aliphatic rings. The first-order valence-corrected chi connectivity index (χ1v) is 17.7. The Morgan fingerprint density at radius 3 is 1.96 bits per heavy atom. The maximum Gasteiger partial charge on any atom is 0.136 e. The van der Waals surface area contributed by atoms with E-state index < -0.39 is 0 Å². The Morgan fingerprint density at radius 1 is 0.451 bits per heavy atom. The predicted molar refractivity (Wildman–Crippen MR) is 214 cm³/mol. The molecule has 2 heteroatoms. The molecule has 0 spiro atoms. The predicted octanol–water partition coefficient (Wildman–Crippen LogP) is 13.8. The van der Waals surface area contributed by atoms with Crippen LogP contribution in [-0.4, -0.2) is 0 Å². The van der Waals surface area contributed by atoms with Gasteiger partial charge in [-0.2, -0.15) is 0 Å². The molecule has 2 nitrogen and oxygen atoms in total. The zero-order valence-electron chi connectivity index (χ0n) is 28.6. The first kappa shape index (κ1) is 29.5. The van der Waals surface area contributed by atoms with Crippen molar-refractivity contribution in [3.63, 3.8) is 0 Å². The van der Waals surface area contributed by atoms with Gasteiger partial charge in [-0.05, 0) is 92.2 Å². The lowest BCUT2D eigenvalue weighted by Gasteiger charge is -2.30. The zero-order valence-corrected chi connectivity index (χ0v) is 28.6. The van der Waals surface area contributed by atoms with Crippen LogP contribution in [0.25, 0.3) is 66.1 Å². The molecule has 8 aromatic carbocycles. The van der Waals surface area contributed by atoms with Gasteiger partial charge in [-0.1, -0.05) is 147 Å². The number of para-hydroxylation sites is 1. The fraction of sp³-hybridized carbons (Fsp3) is 0.0612. The second kappa shape index (κ2) is 11.3. The van der Waals surface area contributed by atoms with Crippen molar-refractivity contribution in [3.05, 3.63) is 187 Å². The molecule has 1 aliphatic carbocycles. The van der Waals surface area contributed by atoms with Crippen molar-refractivity contribution < 1.29 is 4.42 Å². The van der Waals surface area contributed by atoms with Gasteiger partial charge in [0.25, 0.3) is 0 Å². The van der Waals surface area contributed by atoms with Gasteiger partial charge in [-0.25, -0.2) is 0 Å². The van der Waals surface area contributed by atoms with Crippen LogP contribution in [0.3, 0.4) is 0 Å². The molecule has 0 saturated heterocycles. The average molecular weight is 654 g/mol. The zero-order chi connectivity index (χ0) is 34.1. The van der Waals surface area contributed by atoms with Gasteiger partial charge in [0.05, 0.1) is 5.69 Å². The topological polar surface area (TPSA) is 16.4 Å². The molecule has 0 N–H and O–H groups in total. The summed E-state index contributed by atoms with van der Waals surface area (Å²) in [5.74, 6) is 0. The summed E-state index contributed by atoms with van der Waals surface area (Å²) < 4.78 is 6.54. The highest BCUT2D eigenvalue weighted by Gasteiger charge is 2.36. The van der Waals surface area contributed by atoms with Crippen LogP contribution in [0.4, 0.5) is 17.1 Å². The van der Waals surface area contributed by atoms with Gasteiger partial charge in [-0.3, -0.25) is 0 Å². The number of anilines is 3. The van der Waals surface area contributed by atoms with Gasteiger partial charge >= 0.3 is 0 Å². The van der Waals surface area contributed by atoms with E-state index >= 15 is 0 Å². The molecule has 10 rings (SSSR count). The van der Waals surface area contributed by atoms with Crippen molar-refractivity contribution in [1.82, 2.24) is 0 Å². The molecule has 9 aromatic rings. The number of rotatable bonds is 5. The Balaban J connectivity index is 1.28. The number of nitrogens with zero attached hydrogens (tertiary/aromatic N) is 1. The molecule has 1 aromatic heterocycles. The summed E-state index contributed by atoms with van der Waals surface area (Å²) in [6.07, 6.45) is 0. The molecule has 0 unspecified atom stereocenters. The summed E-state index contributed by atoms with van der Waals surface area (Å²) >= 11 is 0. The molecule has 0 atom stereocenters. The summed E-state index contributed by atoms with van der Waals surface area (Å²) in [7, 11) is 0.